The van der Waals surface area contributed by atoms with Gasteiger partial charge in [-0.05, 0) is 54.8 Å². The van der Waals surface area contributed by atoms with E-state index >= 15 is 0 Å². The average molecular weight is 220 g/mol. The van der Waals surface area contributed by atoms with Gasteiger partial charge in [-0.1, -0.05) is 20.8 Å². The van der Waals surface area contributed by atoms with Gasteiger partial charge in [-0.15, -0.1) is 0 Å². The number of carbonyl (C=O) groups excluding carboxylic acids is 1. The summed E-state index contributed by atoms with van der Waals surface area (Å²) < 4.78 is 0. The summed E-state index contributed by atoms with van der Waals surface area (Å²) in [4.78, 5) is 12.1. The van der Waals surface area contributed by atoms with Gasteiger partial charge >= 0.3 is 0 Å². The highest BCUT2D eigenvalue weighted by Crippen LogP contribution is 2.65. The Morgan fingerprint density at radius 3 is 2.50 bits per heavy atom. The highest BCUT2D eigenvalue weighted by atomic mass is 16.1. The van der Waals surface area contributed by atoms with Gasteiger partial charge < -0.3 is 0 Å². The number of hydrogen-bond acceptors (Lipinski definition) is 1. The smallest absolute Gasteiger partial charge is 0.136 e. The molecule has 0 aromatic carbocycles. The molecule has 4 atom stereocenters. The maximum Gasteiger partial charge on any atom is 0.136 e. The van der Waals surface area contributed by atoms with Crippen LogP contribution in [-0.2, 0) is 4.79 Å². The number of ketones is 1. The van der Waals surface area contributed by atoms with Gasteiger partial charge in [0, 0.05) is 12.3 Å². The number of fused-ring (bicyclic) bond motifs is 4. The minimum Gasteiger partial charge on any atom is -0.299 e. The van der Waals surface area contributed by atoms with Crippen LogP contribution in [0.3, 0.4) is 0 Å². The third kappa shape index (κ3) is 1.33. The van der Waals surface area contributed by atoms with E-state index < -0.39 is 0 Å². The van der Waals surface area contributed by atoms with Crippen LogP contribution in [0.1, 0.15) is 59.3 Å². The number of carbonyl (C=O) groups is 1. The molecule has 16 heavy (non-hydrogen) atoms. The molecule has 3 aliphatic rings. The van der Waals surface area contributed by atoms with Gasteiger partial charge in [0.1, 0.15) is 5.78 Å². The van der Waals surface area contributed by atoms with Gasteiger partial charge in [-0.3, -0.25) is 4.79 Å². The third-order valence-electron chi connectivity index (χ3n) is 6.06. The molecule has 0 heterocycles. The zero-order valence-electron chi connectivity index (χ0n) is 10.9. The van der Waals surface area contributed by atoms with Crippen LogP contribution in [0.5, 0.6) is 0 Å². The predicted octanol–water partition coefficient (Wildman–Crippen LogP) is 3.82. The maximum atomic E-state index is 12.1. The van der Waals surface area contributed by atoms with Gasteiger partial charge in [0.25, 0.3) is 0 Å². The van der Waals surface area contributed by atoms with Crippen LogP contribution in [0.4, 0.5) is 0 Å². The quantitative estimate of drug-likeness (QED) is 0.606. The van der Waals surface area contributed by atoms with Crippen molar-refractivity contribution in [2.75, 3.05) is 0 Å². The fourth-order valence-corrected chi connectivity index (χ4v) is 4.95. The van der Waals surface area contributed by atoms with Crippen molar-refractivity contribution in [3.63, 3.8) is 0 Å². The number of rotatable bonds is 0. The monoisotopic (exact) mass is 220 g/mol. The Kier molecular flexibility index (Phi) is 2.10. The van der Waals surface area contributed by atoms with Crippen LogP contribution in [0.2, 0.25) is 0 Å². The van der Waals surface area contributed by atoms with E-state index in [1.807, 2.05) is 0 Å². The Bertz CT molecular complexity index is 330. The van der Waals surface area contributed by atoms with E-state index in [0.29, 0.717) is 22.5 Å². The van der Waals surface area contributed by atoms with Crippen LogP contribution >= 0.6 is 0 Å². The molecule has 2 bridgehead atoms. The first-order valence-electron chi connectivity index (χ1n) is 6.95. The summed E-state index contributed by atoms with van der Waals surface area (Å²) in [6, 6.07) is 0. The maximum absolute atomic E-state index is 12.1. The molecule has 3 rings (SSSR count). The number of hydrogen-bond donors (Lipinski definition) is 0. The van der Waals surface area contributed by atoms with Gasteiger partial charge in [-0.2, -0.15) is 0 Å². The fraction of sp³-hybridized carbons (Fsp3) is 0.933. The van der Waals surface area contributed by atoms with Crippen molar-refractivity contribution in [2.45, 2.75) is 59.3 Å². The summed E-state index contributed by atoms with van der Waals surface area (Å²) in [5, 5.41) is 0. The van der Waals surface area contributed by atoms with E-state index in [1.165, 1.54) is 32.1 Å². The van der Waals surface area contributed by atoms with Crippen molar-refractivity contribution in [3.05, 3.63) is 0 Å². The lowest BCUT2D eigenvalue weighted by molar-refractivity contribution is -0.131. The minimum absolute atomic E-state index is 0.426. The lowest BCUT2D eigenvalue weighted by atomic mass is 9.46. The van der Waals surface area contributed by atoms with Crippen molar-refractivity contribution in [3.8, 4) is 0 Å². The Balaban J connectivity index is 1.89. The summed E-state index contributed by atoms with van der Waals surface area (Å²) in [7, 11) is 0. The molecule has 0 amide bonds. The summed E-state index contributed by atoms with van der Waals surface area (Å²) in [6.07, 6.45) is 7.12. The molecule has 3 fully saturated rings. The molecular formula is C15H24O. The first-order chi connectivity index (χ1) is 7.42. The third-order valence-corrected chi connectivity index (χ3v) is 6.06. The zero-order valence-corrected chi connectivity index (χ0v) is 10.9. The van der Waals surface area contributed by atoms with E-state index in [-0.39, 0.29) is 0 Å². The van der Waals surface area contributed by atoms with E-state index in [1.54, 1.807) is 0 Å². The van der Waals surface area contributed by atoms with Crippen LogP contribution in [0.25, 0.3) is 0 Å². The van der Waals surface area contributed by atoms with Crippen LogP contribution in [0, 0.1) is 28.6 Å². The predicted molar refractivity (Wildman–Crippen MR) is 65.1 cm³/mol. The first kappa shape index (κ1) is 10.8. The molecule has 1 heteroatoms. The molecule has 0 saturated heterocycles. The van der Waals surface area contributed by atoms with E-state index in [2.05, 4.69) is 20.8 Å². The second-order valence-electron chi connectivity index (χ2n) is 7.50. The molecule has 0 aromatic rings. The minimum atomic E-state index is 0.426. The van der Waals surface area contributed by atoms with Gasteiger partial charge in [0.15, 0.2) is 0 Å². The summed E-state index contributed by atoms with van der Waals surface area (Å²) >= 11 is 0. The molecule has 0 radical (unpaired) electrons. The molecule has 0 N–H and O–H groups in total. The SMILES string of the molecule is CC1(C)C[C@H]2[C@H]1CCC(=O)[C@@H]1CC[C@@]2(C)C1. The van der Waals surface area contributed by atoms with Gasteiger partial charge in [-0.25, -0.2) is 0 Å². The highest BCUT2D eigenvalue weighted by Gasteiger charge is 2.57. The molecule has 0 spiro atoms. The zero-order chi connectivity index (χ0) is 11.6. The standard InChI is InChI=1S/C15H24O/c1-14(2)9-12-11(14)4-5-13(16)10-6-7-15(12,3)8-10/h10-12H,4-9H2,1-3H3/t10-,11-,12+,15+/m1/s1. The normalized spacial score (nSPS) is 50.2. The van der Waals surface area contributed by atoms with E-state index in [0.717, 1.165) is 18.3 Å². The number of Topliss-reactive ketones (excluding diaryl/α,β-unsaturated/α-hetero) is 1. The average Bonchev–Trinajstić information content (AvgIpc) is 2.58. The van der Waals surface area contributed by atoms with Gasteiger partial charge in [0.05, 0.1) is 0 Å². The highest BCUT2D eigenvalue weighted by molar-refractivity contribution is 5.81. The molecule has 1 nitrogen and oxygen atoms in total. The van der Waals surface area contributed by atoms with Gasteiger partial charge in [0.2, 0.25) is 0 Å². The van der Waals surface area contributed by atoms with Crippen molar-refractivity contribution < 1.29 is 4.79 Å². The largest absolute Gasteiger partial charge is 0.299 e. The van der Waals surface area contributed by atoms with E-state index in [9.17, 15) is 4.79 Å². The summed E-state index contributed by atoms with van der Waals surface area (Å²) in [6.45, 7) is 7.25. The van der Waals surface area contributed by atoms with Crippen molar-refractivity contribution in [1.82, 2.24) is 0 Å². The Morgan fingerprint density at radius 2 is 1.81 bits per heavy atom. The molecular weight excluding hydrogens is 196 g/mol. The topological polar surface area (TPSA) is 17.1 Å². The van der Waals surface area contributed by atoms with Crippen molar-refractivity contribution >= 4 is 5.78 Å². The molecule has 0 aromatic heterocycles. The Morgan fingerprint density at radius 1 is 1.06 bits per heavy atom. The molecule has 0 unspecified atom stereocenters. The van der Waals surface area contributed by atoms with Crippen LogP contribution in [-0.4, -0.2) is 5.78 Å². The lowest BCUT2D eigenvalue weighted by Gasteiger charge is -2.58. The summed E-state index contributed by atoms with van der Waals surface area (Å²) in [5.41, 5.74) is 1.00. The molecule has 0 aliphatic heterocycles. The summed E-state index contributed by atoms with van der Waals surface area (Å²) in [5.74, 6) is 2.74. The van der Waals surface area contributed by atoms with Crippen LogP contribution < -0.4 is 0 Å². The Hall–Kier alpha value is -0.330. The second-order valence-corrected chi connectivity index (χ2v) is 7.50. The van der Waals surface area contributed by atoms with Crippen molar-refractivity contribution in [1.29, 1.82) is 0 Å². The molecule has 3 aliphatic carbocycles. The van der Waals surface area contributed by atoms with Crippen LogP contribution in [0.15, 0.2) is 0 Å². The Labute approximate surface area is 99.0 Å². The second kappa shape index (κ2) is 3.11. The fourth-order valence-electron chi connectivity index (χ4n) is 4.95. The molecule has 3 saturated carbocycles. The van der Waals surface area contributed by atoms with Crippen molar-refractivity contribution in [2.24, 2.45) is 28.6 Å². The lowest BCUT2D eigenvalue weighted by Crippen LogP contribution is -2.51. The molecule has 90 valence electrons. The van der Waals surface area contributed by atoms with E-state index in [4.69, 9.17) is 0 Å². The first-order valence-corrected chi connectivity index (χ1v) is 6.95.